The summed E-state index contributed by atoms with van der Waals surface area (Å²) in [6.07, 6.45) is -0.698. The molecular weight excluding hydrogens is 463 g/mol. The Balaban J connectivity index is 1.46. The molecule has 0 fully saturated rings. The molecule has 11 heteroatoms. The van der Waals surface area contributed by atoms with Gasteiger partial charge in [0.05, 0.1) is 0 Å². The first-order valence-electron chi connectivity index (χ1n) is 10.2. The number of carbonyl (C=O) groups excluding carboxylic acids is 1. The Bertz CT molecular complexity index is 1380. The van der Waals surface area contributed by atoms with E-state index in [1.54, 1.807) is 6.92 Å². The summed E-state index contributed by atoms with van der Waals surface area (Å²) in [6.45, 7) is 1.62. The zero-order valence-corrected chi connectivity index (χ0v) is 18.8. The third kappa shape index (κ3) is 4.95. The van der Waals surface area contributed by atoms with Crippen LogP contribution in [0.3, 0.4) is 0 Å². The van der Waals surface area contributed by atoms with Gasteiger partial charge in [-0.25, -0.2) is 4.79 Å². The molecule has 0 atom stereocenters. The molecule has 1 N–H and O–H groups in total. The Kier molecular flexibility index (Phi) is 6.40. The van der Waals surface area contributed by atoms with Crippen LogP contribution in [0, 0.1) is 6.92 Å². The highest BCUT2D eigenvalue weighted by Crippen LogP contribution is 2.44. The molecule has 0 unspecified atom stereocenters. The average molecular weight is 482 g/mol. The van der Waals surface area contributed by atoms with E-state index >= 15 is 0 Å². The fraction of sp³-hybridized carbons (Fsp3) is 0.174. The zero-order chi connectivity index (χ0) is 24.3. The molecule has 0 aliphatic heterocycles. The van der Waals surface area contributed by atoms with Gasteiger partial charge in [0.25, 0.3) is 0 Å². The number of rotatable bonds is 7. The van der Waals surface area contributed by atoms with Crippen LogP contribution < -0.4 is 9.50 Å². The van der Waals surface area contributed by atoms with Crippen LogP contribution in [0.4, 0.5) is 14.4 Å². The van der Waals surface area contributed by atoms with Crippen molar-refractivity contribution in [2.75, 3.05) is 6.61 Å². The summed E-state index contributed by atoms with van der Waals surface area (Å²) in [5.74, 6) is -0.497. The number of amides is 1. The number of nitrogens with zero attached hydrogens (tertiary/aromatic N) is 3. The molecule has 4 rings (SSSR count). The van der Waals surface area contributed by atoms with E-state index in [1.165, 1.54) is 6.07 Å². The van der Waals surface area contributed by atoms with E-state index in [0.717, 1.165) is 28.3 Å². The Morgan fingerprint density at radius 3 is 2.32 bits per heavy atom. The van der Waals surface area contributed by atoms with Gasteiger partial charge in [0.2, 0.25) is 0 Å². The molecule has 0 aromatic heterocycles. The number of carbonyl (C=O) groups is 1. The van der Waals surface area contributed by atoms with Gasteiger partial charge in [-0.15, -0.1) is 0 Å². The maximum atomic E-state index is 13.0. The minimum absolute atomic E-state index is 0.0352. The van der Waals surface area contributed by atoms with Crippen molar-refractivity contribution in [3.63, 3.8) is 0 Å². The predicted octanol–water partition coefficient (Wildman–Crippen LogP) is 5.57. The highest BCUT2D eigenvalue weighted by molar-refractivity contribution is 7.81. The molecule has 1 aliphatic rings. The normalized spacial score (nSPS) is 12.3. The Morgan fingerprint density at radius 2 is 1.74 bits per heavy atom. The van der Waals surface area contributed by atoms with Crippen LogP contribution in [0.1, 0.15) is 28.2 Å². The number of ether oxygens (including phenoxy) is 1. The topological polar surface area (TPSA) is 130 Å². The molecular formula is C23H19FN4O5S. The van der Waals surface area contributed by atoms with Crippen LogP contribution in [-0.4, -0.2) is 21.1 Å². The van der Waals surface area contributed by atoms with Gasteiger partial charge in [-0.2, -0.15) is 8.42 Å². The van der Waals surface area contributed by atoms with E-state index in [9.17, 15) is 17.1 Å². The number of azide groups is 1. The highest BCUT2D eigenvalue weighted by Gasteiger charge is 2.29. The number of nitrogens with one attached hydrogen (secondary N) is 1. The number of halogens is 1. The second kappa shape index (κ2) is 9.42. The molecule has 3 aromatic rings. The molecule has 0 bridgehead atoms. The number of hydrogen-bond acceptors (Lipinski definition) is 6. The van der Waals surface area contributed by atoms with Crippen molar-refractivity contribution < 1.29 is 26.0 Å². The van der Waals surface area contributed by atoms with Gasteiger partial charge < -0.3 is 14.2 Å². The largest absolute Gasteiger partial charge is 0.488 e. The third-order valence-corrected chi connectivity index (χ3v) is 5.97. The van der Waals surface area contributed by atoms with Crippen molar-refractivity contribution in [2.45, 2.75) is 19.4 Å². The molecule has 0 heterocycles. The van der Waals surface area contributed by atoms with E-state index in [0.29, 0.717) is 11.1 Å². The first-order chi connectivity index (χ1) is 16.3. The van der Waals surface area contributed by atoms with Gasteiger partial charge in [-0.3, -0.25) is 0 Å². The fourth-order valence-electron chi connectivity index (χ4n) is 4.04. The van der Waals surface area contributed by atoms with Crippen LogP contribution >= 0.6 is 0 Å². The Morgan fingerprint density at radius 1 is 1.12 bits per heavy atom. The summed E-state index contributed by atoms with van der Waals surface area (Å²) in [5, 5.41) is 6.03. The van der Waals surface area contributed by atoms with Crippen LogP contribution in [-0.2, 0) is 21.8 Å². The Labute approximate surface area is 195 Å². The maximum Gasteiger partial charge on any atom is 0.488 e. The van der Waals surface area contributed by atoms with E-state index in [1.807, 2.05) is 48.5 Å². The maximum absolute atomic E-state index is 13.0. The molecule has 0 saturated carbocycles. The Hall–Kier alpha value is -4.08. The lowest BCUT2D eigenvalue weighted by molar-refractivity contribution is 0.142. The third-order valence-electron chi connectivity index (χ3n) is 5.58. The number of hydrogen-bond donors (Lipinski definition) is 1. The minimum Gasteiger partial charge on any atom is -0.449 e. The van der Waals surface area contributed by atoms with Crippen LogP contribution in [0.5, 0.6) is 5.75 Å². The summed E-state index contributed by atoms with van der Waals surface area (Å²) in [5.41, 5.74) is 13.9. The van der Waals surface area contributed by atoms with E-state index in [4.69, 9.17) is 10.3 Å². The van der Waals surface area contributed by atoms with E-state index in [2.05, 4.69) is 19.5 Å². The molecule has 1 amide bonds. The van der Waals surface area contributed by atoms with Crippen LogP contribution in [0.25, 0.3) is 21.6 Å². The van der Waals surface area contributed by atoms with Crippen LogP contribution in [0.15, 0.2) is 65.8 Å². The number of alkyl carbamates (subject to hydrolysis) is 1. The summed E-state index contributed by atoms with van der Waals surface area (Å²) < 4.78 is 44.3. The number of benzene rings is 3. The predicted molar refractivity (Wildman–Crippen MR) is 123 cm³/mol. The second-order valence-electron chi connectivity index (χ2n) is 7.57. The van der Waals surface area contributed by atoms with Gasteiger partial charge in [0.1, 0.15) is 12.4 Å². The summed E-state index contributed by atoms with van der Waals surface area (Å²) in [4.78, 5) is 15.1. The summed E-state index contributed by atoms with van der Waals surface area (Å²) in [6, 6.07) is 18.2. The molecule has 0 saturated heterocycles. The van der Waals surface area contributed by atoms with Crippen molar-refractivity contribution >= 4 is 22.3 Å². The zero-order valence-electron chi connectivity index (χ0n) is 17.9. The van der Waals surface area contributed by atoms with Crippen LogP contribution in [0.2, 0.25) is 0 Å². The molecule has 1 aliphatic carbocycles. The molecule has 0 radical (unpaired) electrons. The van der Waals surface area contributed by atoms with Crippen molar-refractivity contribution in [3.8, 4) is 16.9 Å². The molecule has 3 aromatic carbocycles. The van der Waals surface area contributed by atoms with E-state index in [-0.39, 0.29) is 30.5 Å². The first-order valence-corrected chi connectivity index (χ1v) is 11.5. The second-order valence-corrected chi connectivity index (χ2v) is 8.52. The lowest BCUT2D eigenvalue weighted by Gasteiger charge is -2.15. The molecule has 34 heavy (non-hydrogen) atoms. The fourth-order valence-corrected chi connectivity index (χ4v) is 4.37. The average Bonchev–Trinajstić information content (AvgIpc) is 3.11. The highest BCUT2D eigenvalue weighted by atomic mass is 32.3. The minimum atomic E-state index is -5.28. The van der Waals surface area contributed by atoms with Crippen molar-refractivity contribution in [2.24, 2.45) is 5.11 Å². The van der Waals surface area contributed by atoms with Crippen molar-refractivity contribution in [1.82, 2.24) is 5.32 Å². The monoisotopic (exact) mass is 482 g/mol. The number of fused-ring (bicyclic) bond motifs is 3. The van der Waals surface area contributed by atoms with E-state index < -0.39 is 16.6 Å². The summed E-state index contributed by atoms with van der Waals surface area (Å²) in [7, 11) is -5.28. The lowest BCUT2D eigenvalue weighted by Crippen LogP contribution is -2.26. The van der Waals surface area contributed by atoms with Crippen molar-refractivity contribution in [3.05, 3.63) is 93.4 Å². The standard InChI is InChI=1S/C23H19FN4O5S/c1-14-15(10-16(33-34(24,30)31)11-22(14)27-28-25)12-26-23(29)32-13-21-19-8-4-2-6-17(19)18-7-3-5-9-20(18)21/h2-11,21H,12-13H2,1H3,(H,26,29). The molecule has 174 valence electrons. The molecule has 9 nitrogen and oxygen atoms in total. The van der Waals surface area contributed by atoms with Gasteiger partial charge in [0.15, 0.2) is 0 Å². The SMILES string of the molecule is Cc1c(CNC(=O)OCC2c3ccccc3-c3ccccc32)cc(OS(=O)(=O)F)cc1N=[N+]=[N-]. The van der Waals surface area contributed by atoms with Gasteiger partial charge in [-0.1, -0.05) is 57.5 Å². The first kappa shape index (κ1) is 23.1. The van der Waals surface area contributed by atoms with Gasteiger partial charge in [-0.05, 0) is 58.0 Å². The van der Waals surface area contributed by atoms with Crippen molar-refractivity contribution in [1.29, 1.82) is 0 Å². The lowest BCUT2D eigenvalue weighted by atomic mass is 9.98. The smallest absolute Gasteiger partial charge is 0.449 e. The van der Waals surface area contributed by atoms with Gasteiger partial charge in [0, 0.05) is 23.1 Å². The van der Waals surface area contributed by atoms with Gasteiger partial charge >= 0.3 is 16.6 Å². The quantitative estimate of drug-likeness (QED) is 0.204. The summed E-state index contributed by atoms with van der Waals surface area (Å²) >= 11 is 0. The molecule has 0 spiro atoms.